The van der Waals surface area contributed by atoms with E-state index in [-0.39, 0.29) is 0 Å². The maximum Gasteiger partial charge on any atom is 0.501 e. The van der Waals surface area contributed by atoms with Crippen LogP contribution in [0.1, 0.15) is 73.6 Å². The van der Waals surface area contributed by atoms with Gasteiger partial charge in [-0.3, -0.25) is 0 Å². The van der Waals surface area contributed by atoms with Gasteiger partial charge in [0.05, 0.1) is 0 Å². The van der Waals surface area contributed by atoms with E-state index in [1.807, 2.05) is 0 Å². The molecular formula is C17H38O3Si. The highest BCUT2D eigenvalue weighted by molar-refractivity contribution is 6.60. The predicted octanol–water partition coefficient (Wildman–Crippen LogP) is 5.28. The molecule has 3 nitrogen and oxygen atoms in total. The van der Waals surface area contributed by atoms with Crippen LogP contribution < -0.4 is 0 Å². The van der Waals surface area contributed by atoms with Crippen molar-refractivity contribution in [3.63, 3.8) is 0 Å². The van der Waals surface area contributed by atoms with E-state index in [1.165, 1.54) is 12.8 Å². The summed E-state index contributed by atoms with van der Waals surface area (Å²) in [7, 11) is -2.51. The van der Waals surface area contributed by atoms with E-state index in [0.717, 1.165) is 45.1 Å². The molecule has 0 aromatic heterocycles. The molecule has 0 rings (SSSR count). The molecule has 0 heterocycles. The van der Waals surface area contributed by atoms with Crippen LogP contribution in [0.5, 0.6) is 0 Å². The summed E-state index contributed by atoms with van der Waals surface area (Å²) in [5, 5.41) is 0. The van der Waals surface area contributed by atoms with Crippen molar-refractivity contribution in [2.75, 3.05) is 19.8 Å². The minimum Gasteiger partial charge on any atom is -0.373 e. The normalized spacial score (nSPS) is 15.1. The van der Waals surface area contributed by atoms with Gasteiger partial charge in [-0.2, -0.15) is 0 Å². The Balaban J connectivity index is 4.83. The Labute approximate surface area is 134 Å². The van der Waals surface area contributed by atoms with Crippen LogP contribution in [-0.2, 0) is 13.3 Å². The van der Waals surface area contributed by atoms with Crippen LogP contribution in [0.25, 0.3) is 0 Å². The van der Waals surface area contributed by atoms with E-state index < -0.39 is 8.80 Å². The number of hydrogen-bond donors (Lipinski definition) is 0. The molecule has 0 radical (unpaired) electrons. The van der Waals surface area contributed by atoms with Gasteiger partial charge in [-0.15, -0.1) is 0 Å². The van der Waals surface area contributed by atoms with Gasteiger partial charge in [0.15, 0.2) is 0 Å². The fraction of sp³-hybridized carbons (Fsp3) is 1.00. The van der Waals surface area contributed by atoms with Crippen molar-refractivity contribution in [2.45, 2.75) is 79.7 Å². The molecule has 0 aliphatic heterocycles. The van der Waals surface area contributed by atoms with Crippen LogP contribution in [0.4, 0.5) is 0 Å². The van der Waals surface area contributed by atoms with Crippen LogP contribution in [-0.4, -0.2) is 28.6 Å². The van der Waals surface area contributed by atoms with Crippen molar-refractivity contribution in [1.29, 1.82) is 0 Å². The van der Waals surface area contributed by atoms with E-state index >= 15 is 0 Å². The molecule has 128 valence electrons. The molecule has 0 N–H and O–H groups in total. The van der Waals surface area contributed by atoms with Gasteiger partial charge in [-0.1, -0.05) is 54.4 Å². The Morgan fingerprint density at radius 2 is 1.10 bits per heavy atom. The zero-order valence-corrected chi connectivity index (χ0v) is 16.2. The zero-order chi connectivity index (χ0) is 16.1. The lowest BCUT2D eigenvalue weighted by Gasteiger charge is -2.33. The minimum absolute atomic E-state index is 0.585. The lowest BCUT2D eigenvalue weighted by atomic mass is 9.93. The monoisotopic (exact) mass is 318 g/mol. The molecule has 0 aliphatic carbocycles. The van der Waals surface area contributed by atoms with Crippen molar-refractivity contribution in [2.24, 2.45) is 11.8 Å². The van der Waals surface area contributed by atoms with Gasteiger partial charge in [0.25, 0.3) is 0 Å². The van der Waals surface area contributed by atoms with E-state index in [4.69, 9.17) is 13.3 Å². The molecule has 0 aromatic rings. The van der Waals surface area contributed by atoms with Crippen molar-refractivity contribution in [3.8, 4) is 0 Å². The molecule has 2 atom stereocenters. The third-order valence-electron chi connectivity index (χ3n) is 3.87. The average Bonchev–Trinajstić information content (AvgIpc) is 2.48. The van der Waals surface area contributed by atoms with Gasteiger partial charge in [0, 0.05) is 25.9 Å². The molecule has 0 bridgehead atoms. The van der Waals surface area contributed by atoms with Gasteiger partial charge in [0.1, 0.15) is 0 Å². The van der Waals surface area contributed by atoms with Crippen molar-refractivity contribution in [3.05, 3.63) is 0 Å². The highest BCUT2D eigenvalue weighted by Gasteiger charge is 2.43. The summed E-state index contributed by atoms with van der Waals surface area (Å²) in [5.74, 6) is 1.28. The summed E-state index contributed by atoms with van der Waals surface area (Å²) in [4.78, 5) is 0. The summed E-state index contributed by atoms with van der Waals surface area (Å²) in [6, 6.07) is 0.953. The zero-order valence-electron chi connectivity index (χ0n) is 15.2. The smallest absolute Gasteiger partial charge is 0.373 e. The predicted molar refractivity (Wildman–Crippen MR) is 92.5 cm³/mol. The SMILES string of the molecule is CCCO[Si](CC(C)C(C)CCC)(OCCC)OCCC. The fourth-order valence-electron chi connectivity index (χ4n) is 2.41. The Hall–Kier alpha value is 0.0969. The first kappa shape index (κ1) is 21.1. The third-order valence-corrected chi connectivity index (χ3v) is 6.94. The fourth-order valence-corrected chi connectivity index (χ4v) is 5.75. The van der Waals surface area contributed by atoms with E-state index in [1.54, 1.807) is 0 Å². The van der Waals surface area contributed by atoms with Gasteiger partial charge < -0.3 is 13.3 Å². The maximum atomic E-state index is 6.18. The van der Waals surface area contributed by atoms with Gasteiger partial charge >= 0.3 is 8.80 Å². The lowest BCUT2D eigenvalue weighted by Crippen LogP contribution is -2.48. The van der Waals surface area contributed by atoms with E-state index in [9.17, 15) is 0 Å². The second kappa shape index (κ2) is 12.6. The molecule has 0 saturated heterocycles. The Morgan fingerprint density at radius 3 is 1.43 bits per heavy atom. The second-order valence-corrected chi connectivity index (χ2v) is 8.82. The van der Waals surface area contributed by atoms with E-state index in [2.05, 4.69) is 41.5 Å². The molecule has 0 spiro atoms. The van der Waals surface area contributed by atoms with Crippen LogP contribution in [0.15, 0.2) is 0 Å². The van der Waals surface area contributed by atoms with Crippen LogP contribution >= 0.6 is 0 Å². The molecule has 4 heteroatoms. The van der Waals surface area contributed by atoms with Gasteiger partial charge in [0.2, 0.25) is 0 Å². The summed E-state index contributed by atoms with van der Waals surface area (Å²) in [5.41, 5.74) is 0. The standard InChI is InChI=1S/C17H38O3Si/c1-7-11-16(5)17(6)15-21(18-12-8-2,19-13-9-3)20-14-10-4/h16-17H,7-15H2,1-6H3. The first-order valence-electron chi connectivity index (χ1n) is 8.96. The van der Waals surface area contributed by atoms with Crippen molar-refractivity contribution in [1.82, 2.24) is 0 Å². The summed E-state index contributed by atoms with van der Waals surface area (Å²) in [6.45, 7) is 15.6. The summed E-state index contributed by atoms with van der Waals surface area (Å²) in [6.07, 6.45) is 5.54. The number of rotatable bonds is 14. The van der Waals surface area contributed by atoms with Crippen LogP contribution in [0.3, 0.4) is 0 Å². The van der Waals surface area contributed by atoms with Crippen LogP contribution in [0.2, 0.25) is 6.04 Å². The largest absolute Gasteiger partial charge is 0.501 e. The van der Waals surface area contributed by atoms with Gasteiger partial charge in [-0.05, 0) is 31.1 Å². The molecule has 2 unspecified atom stereocenters. The first-order valence-corrected chi connectivity index (χ1v) is 10.9. The Bertz CT molecular complexity index is 214. The topological polar surface area (TPSA) is 27.7 Å². The molecular weight excluding hydrogens is 280 g/mol. The average molecular weight is 319 g/mol. The molecule has 0 aromatic carbocycles. The first-order chi connectivity index (χ1) is 10.0. The van der Waals surface area contributed by atoms with Crippen molar-refractivity contribution >= 4 is 8.80 Å². The van der Waals surface area contributed by atoms with Crippen molar-refractivity contribution < 1.29 is 13.3 Å². The Kier molecular flexibility index (Phi) is 12.7. The van der Waals surface area contributed by atoms with Crippen LogP contribution in [0, 0.1) is 11.8 Å². The summed E-state index contributed by atoms with van der Waals surface area (Å²) < 4.78 is 18.5. The summed E-state index contributed by atoms with van der Waals surface area (Å²) >= 11 is 0. The third kappa shape index (κ3) is 8.96. The second-order valence-electron chi connectivity index (χ2n) is 6.18. The molecule has 0 saturated carbocycles. The van der Waals surface area contributed by atoms with E-state index in [0.29, 0.717) is 11.8 Å². The highest BCUT2D eigenvalue weighted by Crippen LogP contribution is 2.29. The van der Waals surface area contributed by atoms with Gasteiger partial charge in [-0.25, -0.2) is 0 Å². The molecule has 0 fully saturated rings. The Morgan fingerprint density at radius 1 is 0.667 bits per heavy atom. The number of hydrogen-bond acceptors (Lipinski definition) is 3. The minimum atomic E-state index is -2.51. The molecule has 0 aliphatic rings. The molecule has 21 heavy (non-hydrogen) atoms. The highest BCUT2D eigenvalue weighted by atomic mass is 28.4. The molecule has 0 amide bonds. The maximum absolute atomic E-state index is 6.18. The lowest BCUT2D eigenvalue weighted by molar-refractivity contribution is 0.0535. The quantitative estimate of drug-likeness (QED) is 0.408.